The fraction of sp³-hybridized carbons (Fsp3) is 0.136. The van der Waals surface area contributed by atoms with E-state index in [-0.39, 0.29) is 21.9 Å². The number of halogens is 1. The van der Waals surface area contributed by atoms with Crippen molar-refractivity contribution in [1.82, 2.24) is 0 Å². The maximum atomic E-state index is 14.0. The number of rotatable bonds is 8. The predicted octanol–water partition coefficient (Wildman–Crippen LogP) is 5.00. The number of carbonyl (C=O) groups excluding carboxylic acids is 1. The van der Waals surface area contributed by atoms with E-state index >= 15 is 0 Å². The standard InChI is InChI=1S/C22H21FN2O4S2/c1-3-29-20-13-12-15(31(27,28)25-18-10-6-7-11-21(18)30-2)14-19(20)24-22(26)16-8-4-5-9-17(16)23/h4-14,25H,3H2,1-2H3,(H,24,26). The average Bonchev–Trinajstić information content (AvgIpc) is 2.75. The molecule has 2 N–H and O–H groups in total. The first-order valence-electron chi connectivity index (χ1n) is 9.34. The molecule has 9 heteroatoms. The molecule has 31 heavy (non-hydrogen) atoms. The molecule has 162 valence electrons. The Morgan fingerprint density at radius 3 is 2.45 bits per heavy atom. The molecule has 0 saturated carbocycles. The highest BCUT2D eigenvalue weighted by molar-refractivity contribution is 7.99. The van der Waals surface area contributed by atoms with E-state index < -0.39 is 21.7 Å². The van der Waals surface area contributed by atoms with Gasteiger partial charge < -0.3 is 10.1 Å². The first-order valence-corrected chi connectivity index (χ1v) is 12.0. The zero-order chi connectivity index (χ0) is 22.4. The Kier molecular flexibility index (Phi) is 7.19. The van der Waals surface area contributed by atoms with Crippen molar-refractivity contribution >= 4 is 39.1 Å². The van der Waals surface area contributed by atoms with E-state index in [1.807, 2.05) is 12.3 Å². The Morgan fingerprint density at radius 1 is 1.03 bits per heavy atom. The van der Waals surface area contributed by atoms with Gasteiger partial charge in [0.1, 0.15) is 11.6 Å². The van der Waals surface area contributed by atoms with E-state index in [2.05, 4.69) is 10.0 Å². The van der Waals surface area contributed by atoms with Crippen molar-refractivity contribution in [2.24, 2.45) is 0 Å². The molecule has 0 heterocycles. The third-order valence-electron chi connectivity index (χ3n) is 4.28. The van der Waals surface area contributed by atoms with Crippen LogP contribution in [0.4, 0.5) is 15.8 Å². The van der Waals surface area contributed by atoms with Gasteiger partial charge in [0.2, 0.25) is 0 Å². The summed E-state index contributed by atoms with van der Waals surface area (Å²) < 4.78 is 48.0. The molecule has 0 radical (unpaired) electrons. The third kappa shape index (κ3) is 5.36. The lowest BCUT2D eigenvalue weighted by molar-refractivity contribution is 0.102. The predicted molar refractivity (Wildman–Crippen MR) is 121 cm³/mol. The van der Waals surface area contributed by atoms with Crippen molar-refractivity contribution in [2.45, 2.75) is 16.7 Å². The van der Waals surface area contributed by atoms with Gasteiger partial charge >= 0.3 is 0 Å². The molecule has 0 aliphatic heterocycles. The highest BCUT2D eigenvalue weighted by atomic mass is 32.2. The number of ether oxygens (including phenoxy) is 1. The molecule has 0 atom stereocenters. The topological polar surface area (TPSA) is 84.5 Å². The lowest BCUT2D eigenvalue weighted by atomic mass is 10.2. The molecule has 0 aromatic heterocycles. The minimum Gasteiger partial charge on any atom is -0.492 e. The molecule has 0 aliphatic rings. The summed E-state index contributed by atoms with van der Waals surface area (Å²) in [5.41, 5.74) is 0.405. The first-order chi connectivity index (χ1) is 14.9. The van der Waals surface area contributed by atoms with Gasteiger partial charge in [0, 0.05) is 4.90 Å². The SMILES string of the molecule is CCOc1ccc(S(=O)(=O)Nc2ccccc2SC)cc1NC(=O)c1ccccc1F. The van der Waals surface area contributed by atoms with Crippen LogP contribution < -0.4 is 14.8 Å². The molecule has 0 bridgehead atoms. The Hall–Kier alpha value is -3.04. The minimum atomic E-state index is -3.95. The molecular weight excluding hydrogens is 439 g/mol. The van der Waals surface area contributed by atoms with Gasteiger partial charge in [-0.2, -0.15) is 0 Å². The summed E-state index contributed by atoms with van der Waals surface area (Å²) in [6.45, 7) is 2.06. The van der Waals surface area contributed by atoms with E-state index in [1.165, 1.54) is 54.2 Å². The normalized spacial score (nSPS) is 11.1. The van der Waals surface area contributed by atoms with E-state index in [0.717, 1.165) is 4.90 Å². The lowest BCUT2D eigenvalue weighted by Gasteiger charge is -2.15. The van der Waals surface area contributed by atoms with Gasteiger partial charge in [-0.3, -0.25) is 9.52 Å². The van der Waals surface area contributed by atoms with Crippen LogP contribution in [0.1, 0.15) is 17.3 Å². The Morgan fingerprint density at radius 2 is 1.74 bits per heavy atom. The van der Waals surface area contributed by atoms with Gasteiger partial charge in [0.05, 0.1) is 28.4 Å². The van der Waals surface area contributed by atoms with Gasteiger partial charge in [-0.15, -0.1) is 11.8 Å². The molecule has 0 spiro atoms. The van der Waals surface area contributed by atoms with Crippen LogP contribution in [0.25, 0.3) is 0 Å². The molecule has 0 aliphatic carbocycles. The third-order valence-corrected chi connectivity index (χ3v) is 6.44. The average molecular weight is 461 g/mol. The number of hydrogen-bond donors (Lipinski definition) is 2. The second kappa shape index (κ2) is 9.84. The number of sulfonamides is 1. The monoisotopic (exact) mass is 460 g/mol. The van der Waals surface area contributed by atoms with Crippen LogP contribution in [-0.2, 0) is 10.0 Å². The fourth-order valence-electron chi connectivity index (χ4n) is 2.82. The Labute approximate surface area is 184 Å². The molecule has 0 saturated heterocycles. The molecule has 3 aromatic carbocycles. The number of para-hydroxylation sites is 1. The van der Waals surface area contributed by atoms with Crippen molar-refractivity contribution in [1.29, 1.82) is 0 Å². The molecule has 0 fully saturated rings. The zero-order valence-corrected chi connectivity index (χ0v) is 18.5. The maximum absolute atomic E-state index is 14.0. The Bertz CT molecular complexity index is 1200. The van der Waals surface area contributed by atoms with E-state index in [9.17, 15) is 17.6 Å². The molecule has 1 amide bonds. The van der Waals surface area contributed by atoms with Crippen LogP contribution in [0.2, 0.25) is 0 Å². The number of carbonyl (C=O) groups is 1. The van der Waals surface area contributed by atoms with Gasteiger partial charge in [0.25, 0.3) is 15.9 Å². The second-order valence-electron chi connectivity index (χ2n) is 6.33. The van der Waals surface area contributed by atoms with Crippen LogP contribution in [0.15, 0.2) is 76.5 Å². The second-order valence-corrected chi connectivity index (χ2v) is 8.86. The van der Waals surface area contributed by atoms with Gasteiger partial charge in [0.15, 0.2) is 0 Å². The Balaban J connectivity index is 1.95. The fourth-order valence-corrected chi connectivity index (χ4v) is 4.55. The number of anilines is 2. The zero-order valence-electron chi connectivity index (χ0n) is 16.9. The van der Waals surface area contributed by atoms with Gasteiger partial charge in [-0.1, -0.05) is 24.3 Å². The molecular formula is C22H21FN2O4S2. The van der Waals surface area contributed by atoms with Crippen molar-refractivity contribution in [3.63, 3.8) is 0 Å². The summed E-state index contributed by atoms with van der Waals surface area (Å²) >= 11 is 1.41. The molecule has 3 rings (SSSR count). The molecule has 6 nitrogen and oxygen atoms in total. The number of nitrogens with one attached hydrogen (secondary N) is 2. The van der Waals surface area contributed by atoms with Crippen LogP contribution in [-0.4, -0.2) is 27.2 Å². The summed E-state index contributed by atoms with van der Waals surface area (Å²) in [5.74, 6) is -1.12. The van der Waals surface area contributed by atoms with E-state index in [0.29, 0.717) is 12.3 Å². The summed E-state index contributed by atoms with van der Waals surface area (Å²) in [6.07, 6.45) is 1.85. The summed E-state index contributed by atoms with van der Waals surface area (Å²) in [7, 11) is -3.95. The number of amides is 1. The summed E-state index contributed by atoms with van der Waals surface area (Å²) in [6, 6.07) is 16.7. The quantitative estimate of drug-likeness (QED) is 0.462. The minimum absolute atomic E-state index is 0.0734. The van der Waals surface area contributed by atoms with Crippen molar-refractivity contribution in [3.05, 3.63) is 78.1 Å². The number of hydrogen-bond acceptors (Lipinski definition) is 5. The maximum Gasteiger partial charge on any atom is 0.262 e. The summed E-state index contributed by atoms with van der Waals surface area (Å²) in [4.78, 5) is 13.2. The van der Waals surface area contributed by atoms with Crippen LogP contribution >= 0.6 is 11.8 Å². The van der Waals surface area contributed by atoms with Crippen molar-refractivity contribution in [3.8, 4) is 5.75 Å². The highest BCUT2D eigenvalue weighted by Gasteiger charge is 2.20. The van der Waals surface area contributed by atoms with E-state index in [4.69, 9.17) is 4.74 Å². The first kappa shape index (κ1) is 22.6. The smallest absolute Gasteiger partial charge is 0.262 e. The number of thioether (sulfide) groups is 1. The lowest BCUT2D eigenvalue weighted by Crippen LogP contribution is -2.17. The van der Waals surface area contributed by atoms with Crippen molar-refractivity contribution in [2.75, 3.05) is 22.9 Å². The van der Waals surface area contributed by atoms with Gasteiger partial charge in [-0.25, -0.2) is 12.8 Å². The van der Waals surface area contributed by atoms with Crippen molar-refractivity contribution < 1.29 is 22.3 Å². The molecule has 0 unspecified atom stereocenters. The number of benzene rings is 3. The summed E-state index contributed by atoms with van der Waals surface area (Å²) in [5, 5.41) is 2.55. The highest BCUT2D eigenvalue weighted by Crippen LogP contribution is 2.31. The molecule has 3 aromatic rings. The van der Waals surface area contributed by atoms with Crippen LogP contribution in [0.5, 0.6) is 5.75 Å². The van der Waals surface area contributed by atoms with Gasteiger partial charge in [-0.05, 0) is 55.6 Å². The van der Waals surface area contributed by atoms with Crippen LogP contribution in [0, 0.1) is 5.82 Å². The van der Waals surface area contributed by atoms with Crippen LogP contribution in [0.3, 0.4) is 0 Å². The van der Waals surface area contributed by atoms with E-state index in [1.54, 1.807) is 25.1 Å². The largest absolute Gasteiger partial charge is 0.492 e.